The number of rotatable bonds is 1. The number of benzene rings is 1. The topological polar surface area (TPSA) is 35.1 Å². The van der Waals surface area contributed by atoms with Crippen molar-refractivity contribution in [3.05, 3.63) is 34.6 Å². The zero-order valence-electron chi connectivity index (χ0n) is 9.49. The first-order chi connectivity index (χ1) is 8.25. The van der Waals surface area contributed by atoms with Crippen LogP contribution in [-0.2, 0) is 0 Å². The number of fused-ring (bicyclic) bond motifs is 1. The molecule has 0 aliphatic heterocycles. The third-order valence-corrected chi connectivity index (χ3v) is 3.51. The molecule has 1 aromatic heterocycles. The van der Waals surface area contributed by atoms with Gasteiger partial charge in [0.15, 0.2) is 5.58 Å². The Labute approximate surface area is 97.8 Å². The first-order valence-electron chi connectivity index (χ1n) is 6.06. The fourth-order valence-electron chi connectivity index (χ4n) is 2.69. The monoisotopic (exact) mass is 235 g/mol. The smallest absolute Gasteiger partial charge is 0.408 e. The molecule has 1 heterocycles. The second-order valence-corrected chi connectivity index (χ2v) is 4.64. The van der Waals surface area contributed by atoms with Crippen LogP contribution in [0.1, 0.15) is 38.1 Å². The summed E-state index contributed by atoms with van der Waals surface area (Å²) in [5.74, 6) is -0.694. The van der Waals surface area contributed by atoms with Crippen LogP contribution in [0.15, 0.2) is 27.4 Å². The number of nitrogens with zero attached hydrogens (tertiary/aromatic N) is 1. The van der Waals surface area contributed by atoms with Gasteiger partial charge in [0.2, 0.25) is 0 Å². The van der Waals surface area contributed by atoms with Gasteiger partial charge in [0.1, 0.15) is 5.82 Å². The van der Waals surface area contributed by atoms with Crippen LogP contribution in [0.2, 0.25) is 0 Å². The van der Waals surface area contributed by atoms with Gasteiger partial charge in [-0.3, -0.25) is 4.57 Å². The Hall–Kier alpha value is -1.58. The fourth-order valence-corrected chi connectivity index (χ4v) is 2.69. The molecule has 3 rings (SSSR count). The van der Waals surface area contributed by atoms with Crippen molar-refractivity contribution in [1.29, 1.82) is 0 Å². The van der Waals surface area contributed by atoms with Crippen molar-refractivity contribution in [2.45, 2.75) is 38.1 Å². The normalized spacial score (nSPS) is 17.7. The van der Waals surface area contributed by atoms with Gasteiger partial charge in [0, 0.05) is 12.1 Å². The molecule has 4 heteroatoms. The van der Waals surface area contributed by atoms with E-state index in [9.17, 15) is 9.18 Å². The molecule has 0 atom stereocenters. The van der Waals surface area contributed by atoms with Gasteiger partial charge in [0.05, 0.1) is 5.52 Å². The minimum Gasteiger partial charge on any atom is -0.408 e. The van der Waals surface area contributed by atoms with Gasteiger partial charge in [-0.15, -0.1) is 0 Å². The maximum absolute atomic E-state index is 13.2. The van der Waals surface area contributed by atoms with Crippen LogP contribution in [0.3, 0.4) is 0 Å². The van der Waals surface area contributed by atoms with Crippen molar-refractivity contribution in [2.75, 3.05) is 0 Å². The standard InChI is InChI=1S/C13H14FNO2/c14-9-6-7-12-11(8-9)15(13(16)17-12)10-4-2-1-3-5-10/h6-8,10H,1-5H2. The molecular weight excluding hydrogens is 221 g/mol. The van der Waals surface area contributed by atoms with Gasteiger partial charge in [-0.2, -0.15) is 0 Å². The Kier molecular flexibility index (Phi) is 2.50. The van der Waals surface area contributed by atoms with Crippen LogP contribution in [-0.4, -0.2) is 4.57 Å². The summed E-state index contributed by atoms with van der Waals surface area (Å²) >= 11 is 0. The van der Waals surface area contributed by atoms with E-state index in [0.717, 1.165) is 25.7 Å². The van der Waals surface area contributed by atoms with Gasteiger partial charge < -0.3 is 4.42 Å². The molecule has 1 aliphatic carbocycles. The zero-order valence-corrected chi connectivity index (χ0v) is 9.49. The highest BCUT2D eigenvalue weighted by Gasteiger charge is 2.21. The maximum Gasteiger partial charge on any atom is 0.420 e. The molecule has 0 amide bonds. The van der Waals surface area contributed by atoms with Crippen LogP contribution < -0.4 is 5.76 Å². The Morgan fingerprint density at radius 1 is 1.24 bits per heavy atom. The van der Waals surface area contributed by atoms with E-state index in [4.69, 9.17) is 4.42 Å². The van der Waals surface area contributed by atoms with Crippen molar-refractivity contribution in [1.82, 2.24) is 4.57 Å². The van der Waals surface area contributed by atoms with Crippen LogP contribution in [0.5, 0.6) is 0 Å². The maximum atomic E-state index is 13.2. The minimum atomic E-state index is -0.363. The van der Waals surface area contributed by atoms with Crippen LogP contribution >= 0.6 is 0 Å². The Balaban J connectivity index is 2.16. The second kappa shape index (κ2) is 4.02. The molecule has 2 aromatic rings. The van der Waals surface area contributed by atoms with Crippen molar-refractivity contribution < 1.29 is 8.81 Å². The van der Waals surface area contributed by atoms with E-state index in [1.54, 1.807) is 4.57 Å². The van der Waals surface area contributed by atoms with Gasteiger partial charge in [-0.05, 0) is 25.0 Å². The highest BCUT2D eigenvalue weighted by molar-refractivity contribution is 5.72. The van der Waals surface area contributed by atoms with Crippen molar-refractivity contribution in [3.63, 3.8) is 0 Å². The van der Waals surface area contributed by atoms with Gasteiger partial charge in [0.25, 0.3) is 0 Å². The summed E-state index contributed by atoms with van der Waals surface area (Å²) in [6, 6.07) is 4.38. The molecular formula is C13H14FNO2. The lowest BCUT2D eigenvalue weighted by molar-refractivity contribution is 0.336. The van der Waals surface area contributed by atoms with E-state index in [2.05, 4.69) is 0 Å². The van der Waals surface area contributed by atoms with E-state index in [1.807, 2.05) is 0 Å². The summed E-state index contributed by atoms with van der Waals surface area (Å²) in [7, 11) is 0. The number of oxazole rings is 1. The third-order valence-electron chi connectivity index (χ3n) is 3.51. The molecule has 3 nitrogen and oxygen atoms in total. The molecule has 0 bridgehead atoms. The van der Waals surface area contributed by atoms with E-state index >= 15 is 0 Å². The highest BCUT2D eigenvalue weighted by atomic mass is 19.1. The summed E-state index contributed by atoms with van der Waals surface area (Å²) in [6.07, 6.45) is 5.42. The molecule has 0 spiro atoms. The average Bonchev–Trinajstić information content (AvgIpc) is 2.65. The molecule has 0 saturated heterocycles. The first-order valence-corrected chi connectivity index (χ1v) is 6.06. The van der Waals surface area contributed by atoms with Gasteiger partial charge in [-0.25, -0.2) is 9.18 Å². The number of halogens is 1. The summed E-state index contributed by atoms with van der Waals surface area (Å²) in [5.41, 5.74) is 1.06. The summed E-state index contributed by atoms with van der Waals surface area (Å²) < 4.78 is 20.0. The second-order valence-electron chi connectivity index (χ2n) is 4.64. The van der Waals surface area contributed by atoms with E-state index in [1.165, 1.54) is 24.6 Å². The van der Waals surface area contributed by atoms with Crippen LogP contribution in [0, 0.1) is 5.82 Å². The van der Waals surface area contributed by atoms with E-state index in [-0.39, 0.29) is 17.6 Å². The van der Waals surface area contributed by atoms with Gasteiger partial charge in [-0.1, -0.05) is 19.3 Å². The fraction of sp³-hybridized carbons (Fsp3) is 0.462. The van der Waals surface area contributed by atoms with Crippen LogP contribution in [0.4, 0.5) is 4.39 Å². The Bertz CT molecular complexity index is 593. The molecule has 0 unspecified atom stereocenters. The van der Waals surface area contributed by atoms with Crippen molar-refractivity contribution in [2.24, 2.45) is 0 Å². The quantitative estimate of drug-likeness (QED) is 0.760. The highest BCUT2D eigenvalue weighted by Crippen LogP contribution is 2.30. The minimum absolute atomic E-state index is 0.166. The Morgan fingerprint density at radius 2 is 2.00 bits per heavy atom. The zero-order chi connectivity index (χ0) is 11.8. The Morgan fingerprint density at radius 3 is 2.76 bits per heavy atom. The third kappa shape index (κ3) is 1.77. The molecule has 90 valence electrons. The summed E-state index contributed by atoms with van der Waals surface area (Å²) in [5, 5.41) is 0. The molecule has 1 aliphatic rings. The summed E-state index contributed by atoms with van der Waals surface area (Å²) in [6.45, 7) is 0. The molecule has 1 fully saturated rings. The summed E-state index contributed by atoms with van der Waals surface area (Å²) in [4.78, 5) is 11.8. The largest absolute Gasteiger partial charge is 0.420 e. The van der Waals surface area contributed by atoms with E-state index in [0.29, 0.717) is 11.1 Å². The lowest BCUT2D eigenvalue weighted by Gasteiger charge is -2.22. The van der Waals surface area contributed by atoms with Gasteiger partial charge >= 0.3 is 5.76 Å². The molecule has 0 N–H and O–H groups in total. The van der Waals surface area contributed by atoms with Crippen molar-refractivity contribution in [3.8, 4) is 0 Å². The average molecular weight is 235 g/mol. The van der Waals surface area contributed by atoms with Crippen LogP contribution in [0.25, 0.3) is 11.1 Å². The number of hydrogen-bond donors (Lipinski definition) is 0. The molecule has 1 saturated carbocycles. The number of aromatic nitrogens is 1. The lowest BCUT2D eigenvalue weighted by atomic mass is 9.95. The molecule has 0 radical (unpaired) electrons. The SMILES string of the molecule is O=c1oc2ccc(F)cc2n1C1CCCCC1. The first kappa shape index (κ1) is 10.6. The number of hydrogen-bond acceptors (Lipinski definition) is 2. The molecule has 17 heavy (non-hydrogen) atoms. The lowest BCUT2D eigenvalue weighted by Crippen LogP contribution is -2.22. The van der Waals surface area contributed by atoms with Crippen molar-refractivity contribution >= 4 is 11.1 Å². The predicted octanol–water partition coefficient (Wildman–Crippen LogP) is 3.24. The van der Waals surface area contributed by atoms with E-state index < -0.39 is 0 Å². The molecule has 1 aromatic carbocycles. The predicted molar refractivity (Wildman–Crippen MR) is 62.6 cm³/mol.